The maximum absolute atomic E-state index is 10.7. The van der Waals surface area contributed by atoms with Crippen molar-refractivity contribution in [3.8, 4) is 0 Å². The van der Waals surface area contributed by atoms with E-state index in [2.05, 4.69) is 20.4 Å². The molecule has 0 aliphatic carbocycles. The average molecular weight is 277 g/mol. The summed E-state index contributed by atoms with van der Waals surface area (Å²) in [6, 6.07) is 6.48. The average Bonchev–Trinajstić information content (AvgIpc) is 2.42. The van der Waals surface area contributed by atoms with Crippen LogP contribution in [-0.2, 0) is 11.2 Å². The summed E-state index contributed by atoms with van der Waals surface area (Å²) < 4.78 is 0. The first-order valence-corrected chi connectivity index (χ1v) is 6.22. The Kier molecular flexibility index (Phi) is 4.37. The van der Waals surface area contributed by atoms with Crippen molar-refractivity contribution in [3.05, 3.63) is 36.2 Å². The molecule has 0 fully saturated rings. The third-order valence-electron chi connectivity index (χ3n) is 2.30. The summed E-state index contributed by atoms with van der Waals surface area (Å²) in [4.78, 5) is 11.6. The molecular weight excluding hydrogens is 266 g/mol. The second-order valence-corrected chi connectivity index (χ2v) is 4.76. The lowest BCUT2D eigenvalue weighted by molar-refractivity contribution is -0.138. The largest absolute Gasteiger partial charge is 0.480 e. The normalized spacial score (nSPS) is 12.1. The van der Waals surface area contributed by atoms with Crippen molar-refractivity contribution in [1.29, 1.82) is 0 Å². The van der Waals surface area contributed by atoms with Crippen LogP contribution < -0.4 is 5.73 Å². The van der Waals surface area contributed by atoms with Crippen LogP contribution in [0.2, 0.25) is 0 Å². The van der Waals surface area contributed by atoms with E-state index in [1.54, 1.807) is 0 Å². The Balaban J connectivity index is 2.01. The Bertz CT molecular complexity index is 549. The summed E-state index contributed by atoms with van der Waals surface area (Å²) in [6.45, 7) is 0. The molecule has 1 aromatic heterocycles. The first-order chi connectivity index (χ1) is 9.15. The van der Waals surface area contributed by atoms with Crippen molar-refractivity contribution < 1.29 is 9.90 Å². The second kappa shape index (κ2) is 6.21. The monoisotopic (exact) mass is 277 g/mol. The molecule has 1 heterocycles. The van der Waals surface area contributed by atoms with Crippen molar-refractivity contribution in [2.45, 2.75) is 22.5 Å². The van der Waals surface area contributed by atoms with Crippen molar-refractivity contribution in [2.24, 2.45) is 5.73 Å². The van der Waals surface area contributed by atoms with Gasteiger partial charge in [0.1, 0.15) is 6.04 Å². The molecule has 19 heavy (non-hydrogen) atoms. The SMILES string of the molecule is NC(Cc1ccc(Sc2nncnn2)cc1)C(=O)O. The molecule has 0 saturated heterocycles. The van der Waals surface area contributed by atoms with Gasteiger partial charge in [-0.2, -0.15) is 0 Å². The van der Waals surface area contributed by atoms with Gasteiger partial charge in [0.2, 0.25) is 5.16 Å². The van der Waals surface area contributed by atoms with Crippen LogP contribution in [0.1, 0.15) is 5.56 Å². The Morgan fingerprint density at radius 1 is 1.26 bits per heavy atom. The zero-order chi connectivity index (χ0) is 13.7. The lowest BCUT2D eigenvalue weighted by Gasteiger charge is -2.06. The number of carboxylic acids is 1. The summed E-state index contributed by atoms with van der Waals surface area (Å²) in [5.41, 5.74) is 6.33. The minimum atomic E-state index is -1.01. The highest BCUT2D eigenvalue weighted by atomic mass is 32.2. The standard InChI is InChI=1S/C11H11N5O2S/c12-9(10(17)18)5-7-1-3-8(4-2-7)19-11-15-13-6-14-16-11/h1-4,6,9H,5,12H2,(H,17,18). The van der Waals surface area contributed by atoms with E-state index in [1.807, 2.05) is 24.3 Å². The Morgan fingerprint density at radius 3 is 2.47 bits per heavy atom. The maximum Gasteiger partial charge on any atom is 0.320 e. The van der Waals surface area contributed by atoms with Gasteiger partial charge in [0.05, 0.1) is 0 Å². The van der Waals surface area contributed by atoms with E-state index >= 15 is 0 Å². The van der Waals surface area contributed by atoms with Gasteiger partial charge < -0.3 is 10.8 Å². The van der Waals surface area contributed by atoms with Crippen molar-refractivity contribution in [2.75, 3.05) is 0 Å². The van der Waals surface area contributed by atoms with Crippen LogP contribution in [0.4, 0.5) is 0 Å². The van der Waals surface area contributed by atoms with Crippen LogP contribution in [0.15, 0.2) is 40.6 Å². The highest BCUT2D eigenvalue weighted by Gasteiger charge is 2.11. The fraction of sp³-hybridized carbons (Fsp3) is 0.182. The van der Waals surface area contributed by atoms with Gasteiger partial charge in [-0.05, 0) is 35.9 Å². The van der Waals surface area contributed by atoms with Gasteiger partial charge in [0.25, 0.3) is 0 Å². The summed E-state index contributed by atoms with van der Waals surface area (Å²) >= 11 is 1.33. The smallest absolute Gasteiger partial charge is 0.320 e. The minimum absolute atomic E-state index is 0.297. The highest BCUT2D eigenvalue weighted by Crippen LogP contribution is 2.23. The molecule has 0 aliphatic heterocycles. The molecule has 0 radical (unpaired) electrons. The van der Waals surface area contributed by atoms with Gasteiger partial charge in [0, 0.05) is 4.90 Å². The van der Waals surface area contributed by atoms with E-state index in [-0.39, 0.29) is 0 Å². The highest BCUT2D eigenvalue weighted by molar-refractivity contribution is 7.99. The maximum atomic E-state index is 10.7. The fourth-order valence-electron chi connectivity index (χ4n) is 1.37. The number of benzene rings is 1. The van der Waals surface area contributed by atoms with Crippen molar-refractivity contribution in [3.63, 3.8) is 0 Å². The quantitative estimate of drug-likeness (QED) is 0.805. The summed E-state index contributed by atoms with van der Waals surface area (Å²) in [6.07, 6.45) is 1.56. The Morgan fingerprint density at radius 2 is 1.89 bits per heavy atom. The summed E-state index contributed by atoms with van der Waals surface area (Å²) in [7, 11) is 0. The molecule has 3 N–H and O–H groups in total. The molecule has 1 atom stereocenters. The molecule has 1 unspecified atom stereocenters. The predicted molar refractivity (Wildman–Crippen MR) is 67.5 cm³/mol. The predicted octanol–water partition coefficient (Wildman–Crippen LogP) is 0.372. The number of rotatable bonds is 5. The molecule has 0 saturated carbocycles. The number of carbonyl (C=O) groups is 1. The first kappa shape index (κ1) is 13.4. The molecule has 0 amide bonds. The Labute approximate surface area is 113 Å². The van der Waals surface area contributed by atoms with E-state index in [1.165, 1.54) is 18.1 Å². The number of nitrogens with zero attached hydrogens (tertiary/aromatic N) is 4. The molecule has 8 heteroatoms. The fourth-order valence-corrected chi connectivity index (χ4v) is 2.03. The zero-order valence-electron chi connectivity index (χ0n) is 9.80. The lowest BCUT2D eigenvalue weighted by atomic mass is 10.1. The van der Waals surface area contributed by atoms with Gasteiger partial charge in [-0.3, -0.25) is 4.79 Å². The number of hydrogen-bond donors (Lipinski definition) is 2. The van der Waals surface area contributed by atoms with Crippen molar-refractivity contribution >= 4 is 17.7 Å². The first-order valence-electron chi connectivity index (χ1n) is 5.40. The van der Waals surface area contributed by atoms with E-state index in [9.17, 15) is 4.79 Å². The van der Waals surface area contributed by atoms with Crippen LogP contribution in [0.3, 0.4) is 0 Å². The molecule has 0 aliphatic rings. The van der Waals surface area contributed by atoms with Crippen LogP contribution >= 0.6 is 11.8 Å². The van der Waals surface area contributed by atoms with E-state index in [0.717, 1.165) is 10.5 Å². The second-order valence-electron chi connectivity index (χ2n) is 3.72. The molecule has 1 aromatic carbocycles. The Hall–Kier alpha value is -2.06. The molecule has 0 spiro atoms. The minimum Gasteiger partial charge on any atom is -0.480 e. The summed E-state index contributed by atoms with van der Waals surface area (Å²) in [5, 5.41) is 24.1. The number of hydrogen-bond acceptors (Lipinski definition) is 7. The van der Waals surface area contributed by atoms with Crippen molar-refractivity contribution in [1.82, 2.24) is 20.4 Å². The van der Waals surface area contributed by atoms with Gasteiger partial charge in [-0.25, -0.2) is 0 Å². The third kappa shape index (κ3) is 3.97. The number of aliphatic carboxylic acids is 1. The number of nitrogens with two attached hydrogens (primary N) is 1. The molecule has 2 aromatic rings. The van der Waals surface area contributed by atoms with Gasteiger partial charge in [-0.1, -0.05) is 12.1 Å². The van der Waals surface area contributed by atoms with E-state index < -0.39 is 12.0 Å². The molecule has 2 rings (SSSR count). The van der Waals surface area contributed by atoms with Gasteiger partial charge >= 0.3 is 5.97 Å². The number of carboxylic acid groups (broad SMARTS) is 1. The molecular formula is C11H11N5O2S. The van der Waals surface area contributed by atoms with E-state index in [4.69, 9.17) is 10.8 Å². The van der Waals surface area contributed by atoms with Crippen LogP contribution in [0, 0.1) is 0 Å². The lowest BCUT2D eigenvalue weighted by Crippen LogP contribution is -2.32. The molecule has 7 nitrogen and oxygen atoms in total. The van der Waals surface area contributed by atoms with Crippen LogP contribution in [0.25, 0.3) is 0 Å². The zero-order valence-corrected chi connectivity index (χ0v) is 10.6. The number of aromatic nitrogens is 4. The van der Waals surface area contributed by atoms with Crippen LogP contribution in [0.5, 0.6) is 0 Å². The van der Waals surface area contributed by atoms with Gasteiger partial charge in [-0.15, -0.1) is 20.4 Å². The van der Waals surface area contributed by atoms with Gasteiger partial charge in [0.15, 0.2) is 6.33 Å². The summed E-state index contributed by atoms with van der Waals surface area (Å²) in [5.74, 6) is -1.01. The molecule has 0 bridgehead atoms. The molecule has 98 valence electrons. The van der Waals surface area contributed by atoms with E-state index in [0.29, 0.717) is 11.6 Å². The third-order valence-corrected chi connectivity index (χ3v) is 3.15. The topological polar surface area (TPSA) is 115 Å². The van der Waals surface area contributed by atoms with Crippen LogP contribution in [-0.4, -0.2) is 37.5 Å².